The van der Waals surface area contributed by atoms with Gasteiger partial charge < -0.3 is 9.30 Å². The van der Waals surface area contributed by atoms with E-state index in [9.17, 15) is 4.79 Å². The van der Waals surface area contributed by atoms with Gasteiger partial charge in [-0.3, -0.25) is 4.79 Å². The van der Waals surface area contributed by atoms with Crippen LogP contribution in [-0.2, 0) is 13.0 Å². The summed E-state index contributed by atoms with van der Waals surface area (Å²) < 4.78 is 8.17. The molecule has 0 aliphatic carbocycles. The second-order valence-corrected chi connectivity index (χ2v) is 19.4. The molecule has 1 aromatic rings. The summed E-state index contributed by atoms with van der Waals surface area (Å²) >= 11 is 0. The summed E-state index contributed by atoms with van der Waals surface area (Å²) in [5.74, 6) is 0.981. The standard InChI is InChI=1S/C17H31NO2Si2/c1-21(2,3)12-11-20-15-13-16(22(4,5)6)17(19)18-10-8-7-9-14(15)18/h13H,7-12H2,1-6H3. The smallest absolute Gasteiger partial charge is 0.250 e. The highest BCUT2D eigenvalue weighted by atomic mass is 28.3. The molecule has 0 atom stereocenters. The zero-order chi connectivity index (χ0) is 16.5. The van der Waals surface area contributed by atoms with Gasteiger partial charge in [0.15, 0.2) is 0 Å². The molecule has 3 nitrogen and oxygen atoms in total. The Morgan fingerprint density at radius 3 is 2.41 bits per heavy atom. The van der Waals surface area contributed by atoms with E-state index in [-0.39, 0.29) is 5.56 Å². The fraction of sp³-hybridized carbons (Fsp3) is 0.706. The molecular formula is C17H31NO2Si2. The maximum atomic E-state index is 12.8. The minimum atomic E-state index is -1.65. The minimum Gasteiger partial charge on any atom is -0.492 e. The third kappa shape index (κ3) is 4.13. The fourth-order valence-electron chi connectivity index (χ4n) is 2.86. The van der Waals surface area contributed by atoms with Gasteiger partial charge in [0.2, 0.25) is 5.56 Å². The first-order valence-electron chi connectivity index (χ1n) is 8.49. The van der Waals surface area contributed by atoms with E-state index in [2.05, 4.69) is 45.3 Å². The number of aromatic nitrogens is 1. The molecule has 5 heteroatoms. The predicted molar refractivity (Wildman–Crippen MR) is 100 cm³/mol. The Labute approximate surface area is 136 Å². The molecular weight excluding hydrogens is 306 g/mol. The zero-order valence-electron chi connectivity index (χ0n) is 15.1. The predicted octanol–water partition coefficient (Wildman–Crippen LogP) is 3.45. The van der Waals surface area contributed by atoms with Crippen molar-refractivity contribution in [2.45, 2.75) is 71.1 Å². The van der Waals surface area contributed by atoms with Gasteiger partial charge in [0, 0.05) is 19.8 Å². The average molecular weight is 338 g/mol. The summed E-state index contributed by atoms with van der Waals surface area (Å²) in [6, 6.07) is 3.24. The Morgan fingerprint density at radius 2 is 1.82 bits per heavy atom. The van der Waals surface area contributed by atoms with E-state index < -0.39 is 16.1 Å². The van der Waals surface area contributed by atoms with Gasteiger partial charge >= 0.3 is 0 Å². The second kappa shape index (κ2) is 6.36. The highest BCUT2D eigenvalue weighted by molar-refractivity contribution is 6.88. The van der Waals surface area contributed by atoms with Crippen molar-refractivity contribution < 1.29 is 4.74 Å². The molecule has 0 fully saturated rings. The molecule has 1 aliphatic heterocycles. The van der Waals surface area contributed by atoms with Crippen molar-refractivity contribution >= 4 is 21.3 Å². The molecule has 0 radical (unpaired) electrons. The molecule has 0 N–H and O–H groups in total. The van der Waals surface area contributed by atoms with E-state index in [1.54, 1.807) is 0 Å². The molecule has 0 aromatic carbocycles. The first-order chi connectivity index (χ1) is 10.1. The van der Waals surface area contributed by atoms with E-state index in [1.165, 1.54) is 0 Å². The molecule has 2 rings (SSSR count). The van der Waals surface area contributed by atoms with Crippen LogP contribution in [0.4, 0.5) is 0 Å². The third-order valence-electron chi connectivity index (χ3n) is 4.32. The molecule has 22 heavy (non-hydrogen) atoms. The van der Waals surface area contributed by atoms with Gasteiger partial charge in [-0.2, -0.15) is 0 Å². The van der Waals surface area contributed by atoms with E-state index in [0.717, 1.165) is 55.1 Å². The van der Waals surface area contributed by atoms with Crippen molar-refractivity contribution in [3.05, 3.63) is 22.1 Å². The van der Waals surface area contributed by atoms with Crippen LogP contribution in [-0.4, -0.2) is 27.3 Å². The summed E-state index contributed by atoms with van der Waals surface area (Å²) in [5.41, 5.74) is 1.38. The van der Waals surface area contributed by atoms with E-state index in [0.29, 0.717) is 0 Å². The Bertz CT molecular complexity index is 594. The maximum absolute atomic E-state index is 12.8. The van der Waals surface area contributed by atoms with Crippen LogP contribution in [0.1, 0.15) is 18.5 Å². The molecule has 2 heterocycles. The number of hydrogen-bond acceptors (Lipinski definition) is 2. The molecule has 124 valence electrons. The van der Waals surface area contributed by atoms with Crippen LogP contribution in [0.5, 0.6) is 5.75 Å². The van der Waals surface area contributed by atoms with Crippen molar-refractivity contribution in [1.29, 1.82) is 0 Å². The lowest BCUT2D eigenvalue weighted by atomic mass is 10.1. The van der Waals surface area contributed by atoms with Crippen LogP contribution in [0.25, 0.3) is 0 Å². The second-order valence-electron chi connectivity index (χ2n) is 8.69. The van der Waals surface area contributed by atoms with Gasteiger partial charge in [0.05, 0.1) is 20.4 Å². The Kier molecular flexibility index (Phi) is 5.07. The van der Waals surface area contributed by atoms with Gasteiger partial charge in [-0.1, -0.05) is 39.3 Å². The van der Waals surface area contributed by atoms with Gasteiger partial charge in [-0.15, -0.1) is 0 Å². The first-order valence-corrected chi connectivity index (χ1v) is 15.7. The lowest BCUT2D eigenvalue weighted by molar-refractivity contribution is 0.324. The molecule has 0 saturated heterocycles. The number of hydrogen-bond donors (Lipinski definition) is 0. The first kappa shape index (κ1) is 17.5. The summed E-state index contributed by atoms with van der Waals surface area (Å²) in [6.07, 6.45) is 3.25. The van der Waals surface area contributed by atoms with Crippen molar-refractivity contribution in [1.82, 2.24) is 4.57 Å². The molecule has 0 spiro atoms. The number of rotatable bonds is 5. The quantitative estimate of drug-likeness (QED) is 0.771. The summed E-state index contributed by atoms with van der Waals surface area (Å²) in [7, 11) is -2.74. The summed E-state index contributed by atoms with van der Waals surface area (Å²) in [5, 5.41) is 1.01. The highest BCUT2D eigenvalue weighted by Crippen LogP contribution is 2.24. The monoisotopic (exact) mass is 337 g/mol. The molecule has 0 unspecified atom stereocenters. The van der Waals surface area contributed by atoms with Gasteiger partial charge in [-0.25, -0.2) is 0 Å². The van der Waals surface area contributed by atoms with E-state index in [1.807, 2.05) is 4.57 Å². The SMILES string of the molecule is C[Si](C)(C)CCOc1cc([Si](C)(C)C)c(=O)n2c1CCCC2. The maximum Gasteiger partial charge on any atom is 0.250 e. The van der Waals surface area contributed by atoms with Crippen molar-refractivity contribution in [2.24, 2.45) is 0 Å². The molecule has 0 amide bonds. The summed E-state index contributed by atoms with van der Waals surface area (Å²) in [4.78, 5) is 12.8. The van der Waals surface area contributed by atoms with Gasteiger partial charge in [0.25, 0.3) is 0 Å². The average Bonchev–Trinajstić information content (AvgIpc) is 2.39. The molecule has 0 bridgehead atoms. The Balaban J connectivity index is 2.37. The number of fused-ring (bicyclic) bond motifs is 1. The van der Waals surface area contributed by atoms with Gasteiger partial charge in [0.1, 0.15) is 5.75 Å². The van der Waals surface area contributed by atoms with Crippen molar-refractivity contribution in [3.63, 3.8) is 0 Å². The van der Waals surface area contributed by atoms with E-state index >= 15 is 0 Å². The van der Waals surface area contributed by atoms with Gasteiger partial charge in [-0.05, 0) is 31.4 Å². The van der Waals surface area contributed by atoms with Crippen molar-refractivity contribution in [3.8, 4) is 5.75 Å². The molecule has 1 aliphatic rings. The lowest BCUT2D eigenvalue weighted by Crippen LogP contribution is -2.51. The Hall–Kier alpha value is -0.816. The number of ether oxygens (including phenoxy) is 1. The zero-order valence-corrected chi connectivity index (χ0v) is 17.1. The van der Waals surface area contributed by atoms with Crippen LogP contribution in [0, 0.1) is 0 Å². The van der Waals surface area contributed by atoms with Crippen molar-refractivity contribution in [2.75, 3.05) is 6.61 Å². The largest absolute Gasteiger partial charge is 0.492 e. The topological polar surface area (TPSA) is 31.2 Å². The molecule has 0 saturated carbocycles. The van der Waals surface area contributed by atoms with Crippen LogP contribution in [0.15, 0.2) is 10.9 Å². The third-order valence-corrected chi connectivity index (χ3v) is 8.00. The highest BCUT2D eigenvalue weighted by Gasteiger charge is 2.26. The van der Waals surface area contributed by atoms with Crippen LogP contribution in [0.3, 0.4) is 0 Å². The molecule has 1 aromatic heterocycles. The fourth-order valence-corrected chi connectivity index (χ4v) is 4.92. The Morgan fingerprint density at radius 1 is 1.14 bits per heavy atom. The van der Waals surface area contributed by atoms with E-state index in [4.69, 9.17) is 4.74 Å². The number of pyridine rings is 1. The number of nitrogens with zero attached hydrogens (tertiary/aromatic N) is 1. The van der Waals surface area contributed by atoms with Crippen LogP contribution in [0.2, 0.25) is 45.3 Å². The normalized spacial score (nSPS) is 15.5. The minimum absolute atomic E-state index is 0.242. The van der Waals surface area contributed by atoms with Crippen LogP contribution < -0.4 is 15.5 Å². The lowest BCUT2D eigenvalue weighted by Gasteiger charge is -2.26. The summed E-state index contributed by atoms with van der Waals surface area (Å²) in [6.45, 7) is 15.5. The van der Waals surface area contributed by atoms with Crippen LogP contribution >= 0.6 is 0 Å².